The van der Waals surface area contributed by atoms with Crippen molar-refractivity contribution in [3.05, 3.63) is 53.0 Å². The number of pyridine rings is 1. The number of aliphatic hydroxyl groups is 1. The lowest BCUT2D eigenvalue weighted by Crippen LogP contribution is -2.46. The van der Waals surface area contributed by atoms with E-state index in [1.807, 2.05) is 0 Å². The molecule has 6 rings (SSSR count). The molecular weight excluding hydrogens is 487 g/mol. The highest BCUT2D eigenvalue weighted by molar-refractivity contribution is 6.10. The van der Waals surface area contributed by atoms with Crippen molar-refractivity contribution in [3.8, 4) is 5.75 Å². The molecule has 4 amide bonds. The first-order valence-electron chi connectivity index (χ1n) is 11.6. The van der Waals surface area contributed by atoms with Crippen LogP contribution in [0.2, 0.25) is 0 Å². The number of fused-ring (bicyclic) bond motifs is 2. The molecule has 0 aliphatic carbocycles. The highest BCUT2D eigenvalue weighted by Gasteiger charge is 2.53. The Labute approximate surface area is 208 Å². The van der Waals surface area contributed by atoms with Gasteiger partial charge in [-0.3, -0.25) is 29.4 Å². The van der Waals surface area contributed by atoms with E-state index >= 15 is 0 Å². The van der Waals surface area contributed by atoms with E-state index in [2.05, 4.69) is 10.3 Å². The van der Waals surface area contributed by atoms with Gasteiger partial charge in [-0.2, -0.15) is 0 Å². The largest absolute Gasteiger partial charge is 0.494 e. The number of hydrogen-bond donors (Lipinski definition) is 2. The van der Waals surface area contributed by atoms with Crippen LogP contribution in [0.15, 0.2) is 34.7 Å². The monoisotopic (exact) mass is 508 g/mol. The molecule has 0 bridgehead atoms. The molecule has 37 heavy (non-hydrogen) atoms. The molecule has 0 saturated carbocycles. The van der Waals surface area contributed by atoms with Crippen LogP contribution in [0.5, 0.6) is 5.75 Å². The third-order valence-electron chi connectivity index (χ3n) is 7.10. The summed E-state index contributed by atoms with van der Waals surface area (Å²) in [5.41, 5.74) is -0.607. The molecule has 2 N–H and O–H groups in total. The van der Waals surface area contributed by atoms with Gasteiger partial charge in [0.2, 0.25) is 17.7 Å². The van der Waals surface area contributed by atoms with Crippen LogP contribution >= 0.6 is 0 Å². The predicted octanol–water partition coefficient (Wildman–Crippen LogP) is 1.01. The number of aliphatic hydroxyl groups excluding tert-OH is 1. The average Bonchev–Trinajstić information content (AvgIpc) is 3.59. The number of rotatable bonds is 5. The quantitative estimate of drug-likeness (QED) is 0.487. The third-order valence-corrected chi connectivity index (χ3v) is 7.10. The summed E-state index contributed by atoms with van der Waals surface area (Å²) in [6.07, 6.45) is -1.06. The predicted molar refractivity (Wildman–Crippen MR) is 124 cm³/mol. The number of aromatic nitrogens is 1. The van der Waals surface area contributed by atoms with Crippen LogP contribution in [0, 0.1) is 5.82 Å². The van der Waals surface area contributed by atoms with Gasteiger partial charge >= 0.3 is 0 Å². The van der Waals surface area contributed by atoms with Gasteiger partial charge in [0.15, 0.2) is 17.1 Å². The number of ether oxygens (including phenoxy) is 1. The van der Waals surface area contributed by atoms with Crippen molar-refractivity contribution in [2.45, 2.75) is 30.9 Å². The smallest absolute Gasteiger partial charge is 0.257 e. The number of hydrogen-bond acceptors (Lipinski definition) is 8. The number of β-amino-alcohol motifs (C(OH)–C–C–N with tert-alkyl or cyclic N) is 1. The molecule has 190 valence electrons. The highest BCUT2D eigenvalue weighted by atomic mass is 19.1. The molecule has 0 spiro atoms. The lowest BCUT2D eigenvalue weighted by Gasteiger charge is -2.28. The number of carbonyl (C=O) groups excluding carboxylic acids is 4. The maximum atomic E-state index is 14.8. The second kappa shape index (κ2) is 8.10. The lowest BCUT2D eigenvalue weighted by atomic mass is 9.82. The average molecular weight is 508 g/mol. The molecule has 1 aromatic carbocycles. The molecule has 2 saturated heterocycles. The minimum atomic E-state index is -1.56. The van der Waals surface area contributed by atoms with Crippen molar-refractivity contribution in [3.63, 3.8) is 0 Å². The molecule has 3 aliphatic rings. The molecule has 12 heteroatoms. The Morgan fingerprint density at radius 2 is 2.05 bits per heavy atom. The zero-order valence-electron chi connectivity index (χ0n) is 19.6. The first-order valence-corrected chi connectivity index (χ1v) is 11.6. The summed E-state index contributed by atoms with van der Waals surface area (Å²) in [5, 5.41) is 12.1. The number of halogens is 1. The van der Waals surface area contributed by atoms with Gasteiger partial charge in [0.1, 0.15) is 22.5 Å². The van der Waals surface area contributed by atoms with Crippen molar-refractivity contribution < 1.29 is 37.8 Å². The minimum Gasteiger partial charge on any atom is -0.494 e. The van der Waals surface area contributed by atoms with Crippen LogP contribution in [0.3, 0.4) is 0 Å². The van der Waals surface area contributed by atoms with E-state index in [4.69, 9.17) is 9.15 Å². The second-order valence-electron chi connectivity index (χ2n) is 9.44. The Bertz CT molecular complexity index is 1520. The number of anilines is 1. The normalized spacial score (nSPS) is 23.4. The van der Waals surface area contributed by atoms with Crippen LogP contribution in [-0.4, -0.2) is 64.9 Å². The molecule has 2 aromatic heterocycles. The van der Waals surface area contributed by atoms with Crippen LogP contribution in [0.1, 0.15) is 34.5 Å². The van der Waals surface area contributed by atoms with Gasteiger partial charge in [-0.05, 0) is 23.8 Å². The summed E-state index contributed by atoms with van der Waals surface area (Å²) in [6.45, 7) is -0.0779. The van der Waals surface area contributed by atoms with E-state index in [1.54, 1.807) is 18.2 Å². The van der Waals surface area contributed by atoms with Crippen LogP contribution < -0.4 is 15.0 Å². The van der Waals surface area contributed by atoms with Gasteiger partial charge in [0, 0.05) is 19.2 Å². The number of methoxy groups -OCH3 is 1. The molecule has 11 nitrogen and oxygen atoms in total. The maximum absolute atomic E-state index is 14.8. The number of imide groups is 1. The van der Waals surface area contributed by atoms with E-state index in [-0.39, 0.29) is 55.5 Å². The van der Waals surface area contributed by atoms with Gasteiger partial charge in [-0.25, -0.2) is 9.37 Å². The maximum Gasteiger partial charge on any atom is 0.257 e. The Morgan fingerprint density at radius 3 is 2.73 bits per heavy atom. The number of nitrogens with one attached hydrogen (secondary N) is 1. The summed E-state index contributed by atoms with van der Waals surface area (Å²) in [6, 6.07) is 7.67. The van der Waals surface area contributed by atoms with E-state index < -0.39 is 35.1 Å². The summed E-state index contributed by atoms with van der Waals surface area (Å²) < 4.78 is 25.8. The highest BCUT2D eigenvalue weighted by Crippen LogP contribution is 2.40. The Kier molecular flexibility index (Phi) is 5.06. The second-order valence-corrected chi connectivity index (χ2v) is 9.44. The molecule has 0 unspecified atom stereocenters. The zero-order chi connectivity index (χ0) is 26.1. The van der Waals surface area contributed by atoms with Crippen molar-refractivity contribution in [1.82, 2.24) is 15.2 Å². The van der Waals surface area contributed by atoms with Crippen molar-refractivity contribution >= 4 is 40.5 Å². The molecule has 5 heterocycles. The van der Waals surface area contributed by atoms with Crippen LogP contribution in [0.4, 0.5) is 10.2 Å². The summed E-state index contributed by atoms with van der Waals surface area (Å²) in [5.74, 6) is -2.49. The summed E-state index contributed by atoms with van der Waals surface area (Å²) >= 11 is 0. The lowest BCUT2D eigenvalue weighted by molar-refractivity contribution is -0.127. The number of nitrogens with zero attached hydrogens (tertiary/aromatic N) is 3. The van der Waals surface area contributed by atoms with Crippen molar-refractivity contribution in [2.24, 2.45) is 0 Å². The number of amides is 4. The van der Waals surface area contributed by atoms with Gasteiger partial charge < -0.3 is 19.2 Å². The van der Waals surface area contributed by atoms with E-state index in [1.165, 1.54) is 29.0 Å². The summed E-state index contributed by atoms with van der Waals surface area (Å²) in [7, 11) is 1.30. The van der Waals surface area contributed by atoms with Gasteiger partial charge in [-0.15, -0.1) is 0 Å². The minimum absolute atomic E-state index is 0.000465. The molecule has 3 aromatic rings. The number of furan rings is 1. The fourth-order valence-corrected chi connectivity index (χ4v) is 5.27. The van der Waals surface area contributed by atoms with Gasteiger partial charge in [0.05, 0.1) is 38.2 Å². The standard InChI is InChI=1S/C25H21FN4O7/c1-36-16-3-2-12-9-29(23(34)21(12)22(16)26)11-25(8-19(32)28-24(25)35)17-7-14-15(37-17)4-5-18(27-14)30-10-13(31)6-20(30)33/h2-5,7,13,31H,6,8-11H2,1H3,(H,28,32,35)/t13-,25+/m0/s1. The molecule has 2 fully saturated rings. The van der Waals surface area contributed by atoms with Crippen LogP contribution in [0.25, 0.3) is 11.1 Å². The molecule has 2 atom stereocenters. The number of benzene rings is 1. The molecular formula is C25H21FN4O7. The SMILES string of the molecule is COc1ccc2c(c1F)C(=O)N(C[C@@]1(c3cc4nc(N5C[C@@H](O)CC5=O)ccc4o3)CC(=O)NC1=O)C2. The fraction of sp³-hybridized carbons (Fsp3) is 0.320. The fourth-order valence-electron chi connectivity index (χ4n) is 5.27. The topological polar surface area (TPSA) is 142 Å². The van der Waals surface area contributed by atoms with Crippen molar-refractivity contribution in [2.75, 3.05) is 25.1 Å². The number of carbonyl (C=O) groups is 4. The van der Waals surface area contributed by atoms with Gasteiger partial charge in [-0.1, -0.05) is 6.07 Å². The third kappa shape index (κ3) is 3.47. The van der Waals surface area contributed by atoms with Crippen LogP contribution in [-0.2, 0) is 26.3 Å². The Morgan fingerprint density at radius 1 is 1.24 bits per heavy atom. The van der Waals surface area contributed by atoms with Crippen molar-refractivity contribution in [1.29, 1.82) is 0 Å². The zero-order valence-corrected chi connectivity index (χ0v) is 19.6. The molecule has 0 radical (unpaired) electrons. The Hall–Kier alpha value is -4.32. The van der Waals surface area contributed by atoms with Gasteiger partial charge in [0.25, 0.3) is 5.91 Å². The summed E-state index contributed by atoms with van der Waals surface area (Å²) in [4.78, 5) is 58.0. The van der Waals surface area contributed by atoms with E-state index in [0.717, 1.165) is 0 Å². The molecule has 3 aliphatic heterocycles. The first kappa shape index (κ1) is 23.1. The van der Waals surface area contributed by atoms with E-state index in [0.29, 0.717) is 22.5 Å². The Balaban J connectivity index is 1.37. The first-order chi connectivity index (χ1) is 17.7. The van der Waals surface area contributed by atoms with E-state index in [9.17, 15) is 28.7 Å².